The summed E-state index contributed by atoms with van der Waals surface area (Å²) < 4.78 is 0. The van der Waals surface area contributed by atoms with Crippen LogP contribution in [0.1, 0.15) is 64.7 Å². The first kappa shape index (κ1) is 14.8. The molecular weight excluding hydrogens is 236 g/mol. The zero-order valence-electron chi connectivity index (χ0n) is 12.4. The molecule has 1 aliphatic carbocycles. The first-order valence-corrected chi connectivity index (χ1v) is 8.26. The number of likely N-dealkylation sites (tertiary alicyclic amines) is 1. The van der Waals surface area contributed by atoms with E-state index in [1.807, 2.05) is 0 Å². The Kier molecular flexibility index (Phi) is 5.68. The number of carbonyl (C=O) groups excluding carboxylic acids is 1. The van der Waals surface area contributed by atoms with E-state index in [-0.39, 0.29) is 5.92 Å². The summed E-state index contributed by atoms with van der Waals surface area (Å²) in [4.78, 5) is 15.0. The van der Waals surface area contributed by atoms with E-state index in [1.54, 1.807) is 0 Å². The zero-order valence-corrected chi connectivity index (χ0v) is 12.4. The third-order valence-electron chi connectivity index (χ3n) is 5.00. The first-order valence-electron chi connectivity index (χ1n) is 8.26. The van der Waals surface area contributed by atoms with Gasteiger partial charge in [-0.25, -0.2) is 0 Å². The Morgan fingerprint density at radius 3 is 2.79 bits per heavy atom. The minimum atomic E-state index is 0.264. The monoisotopic (exact) mass is 266 g/mol. The molecule has 19 heavy (non-hydrogen) atoms. The Hall–Kier alpha value is -0.570. The number of carbonyl (C=O) groups is 1. The van der Waals surface area contributed by atoms with Crippen LogP contribution in [0.4, 0.5) is 0 Å². The molecule has 0 aromatic rings. The van der Waals surface area contributed by atoms with E-state index < -0.39 is 0 Å². The zero-order chi connectivity index (χ0) is 13.7. The second kappa shape index (κ2) is 7.28. The molecule has 110 valence electrons. The fourth-order valence-corrected chi connectivity index (χ4v) is 3.89. The molecule has 3 atom stereocenters. The minimum Gasteiger partial charge on any atom is -0.339 e. The van der Waals surface area contributed by atoms with Crippen molar-refractivity contribution in [1.82, 2.24) is 4.90 Å². The van der Waals surface area contributed by atoms with Crippen molar-refractivity contribution in [3.05, 3.63) is 0 Å². The molecular formula is C16H30N2O. The van der Waals surface area contributed by atoms with Crippen LogP contribution in [0.25, 0.3) is 0 Å². The normalized spacial score (nSPS) is 32.3. The first-order chi connectivity index (χ1) is 9.26. The van der Waals surface area contributed by atoms with Gasteiger partial charge in [-0.2, -0.15) is 0 Å². The highest BCUT2D eigenvalue weighted by Gasteiger charge is 2.33. The number of nitrogens with zero attached hydrogens (tertiary/aromatic N) is 1. The van der Waals surface area contributed by atoms with Crippen molar-refractivity contribution in [2.45, 2.75) is 70.8 Å². The van der Waals surface area contributed by atoms with E-state index in [1.165, 1.54) is 44.9 Å². The number of rotatable bonds is 4. The van der Waals surface area contributed by atoms with Crippen molar-refractivity contribution in [1.29, 1.82) is 0 Å². The van der Waals surface area contributed by atoms with E-state index in [0.29, 0.717) is 17.9 Å². The van der Waals surface area contributed by atoms with E-state index >= 15 is 0 Å². The largest absolute Gasteiger partial charge is 0.339 e. The van der Waals surface area contributed by atoms with Gasteiger partial charge >= 0.3 is 0 Å². The van der Waals surface area contributed by atoms with Crippen LogP contribution in [-0.2, 0) is 4.79 Å². The maximum Gasteiger partial charge on any atom is 0.225 e. The van der Waals surface area contributed by atoms with Crippen LogP contribution in [0.2, 0.25) is 0 Å². The van der Waals surface area contributed by atoms with Gasteiger partial charge in [0.1, 0.15) is 0 Å². The van der Waals surface area contributed by atoms with Gasteiger partial charge in [0.2, 0.25) is 5.91 Å². The highest BCUT2D eigenvalue weighted by atomic mass is 16.2. The summed E-state index contributed by atoms with van der Waals surface area (Å²) in [6.07, 6.45) is 10.6. The molecule has 0 aromatic heterocycles. The summed E-state index contributed by atoms with van der Waals surface area (Å²) in [5, 5.41) is 0. The molecule has 1 amide bonds. The number of nitrogens with two attached hydrogens (primary N) is 1. The van der Waals surface area contributed by atoms with E-state index in [0.717, 1.165) is 25.9 Å². The summed E-state index contributed by atoms with van der Waals surface area (Å²) in [7, 11) is 0. The molecule has 1 aliphatic heterocycles. The van der Waals surface area contributed by atoms with Gasteiger partial charge in [-0.3, -0.25) is 4.79 Å². The van der Waals surface area contributed by atoms with Gasteiger partial charge in [0.05, 0.1) is 0 Å². The third-order valence-corrected chi connectivity index (χ3v) is 5.00. The van der Waals surface area contributed by atoms with Gasteiger partial charge in [0.15, 0.2) is 0 Å². The lowest BCUT2D eigenvalue weighted by Crippen LogP contribution is -2.47. The lowest BCUT2D eigenvalue weighted by molar-refractivity contribution is -0.141. The van der Waals surface area contributed by atoms with Gasteiger partial charge < -0.3 is 10.6 Å². The summed E-state index contributed by atoms with van der Waals surface area (Å²) in [6.45, 7) is 3.97. The van der Waals surface area contributed by atoms with Gasteiger partial charge in [0, 0.05) is 18.5 Å². The molecule has 3 nitrogen and oxygen atoms in total. The quantitative estimate of drug-likeness (QED) is 0.850. The fraction of sp³-hybridized carbons (Fsp3) is 0.938. The predicted molar refractivity (Wildman–Crippen MR) is 78.8 cm³/mol. The minimum absolute atomic E-state index is 0.264. The Morgan fingerprint density at radius 2 is 2.05 bits per heavy atom. The van der Waals surface area contributed by atoms with Crippen LogP contribution < -0.4 is 5.73 Å². The Bertz CT molecular complexity index is 290. The summed E-state index contributed by atoms with van der Waals surface area (Å²) in [6, 6.07) is 0.518. The topological polar surface area (TPSA) is 46.3 Å². The average Bonchev–Trinajstić information content (AvgIpc) is 2.47. The highest BCUT2D eigenvalue weighted by Crippen LogP contribution is 2.32. The summed E-state index contributed by atoms with van der Waals surface area (Å²) >= 11 is 0. The van der Waals surface area contributed by atoms with E-state index in [9.17, 15) is 4.79 Å². The molecule has 3 heteroatoms. The smallest absolute Gasteiger partial charge is 0.225 e. The third kappa shape index (κ3) is 3.71. The van der Waals surface area contributed by atoms with Crippen molar-refractivity contribution in [3.8, 4) is 0 Å². The highest BCUT2D eigenvalue weighted by molar-refractivity contribution is 5.79. The molecule has 2 N–H and O–H groups in total. The van der Waals surface area contributed by atoms with Gasteiger partial charge in [-0.15, -0.1) is 0 Å². The number of hydrogen-bond acceptors (Lipinski definition) is 2. The summed E-state index contributed by atoms with van der Waals surface area (Å²) in [5.74, 6) is 1.29. The molecule has 2 fully saturated rings. The standard InChI is InChI=1S/C16H30N2O/c1-2-6-15-9-3-4-10-18(15)16(19)14-8-5-7-13(11-14)12-17/h13-15H,2-12,17H2,1H3. The second-order valence-electron chi connectivity index (χ2n) is 6.44. The van der Waals surface area contributed by atoms with Gasteiger partial charge in [0.25, 0.3) is 0 Å². The maximum absolute atomic E-state index is 12.8. The van der Waals surface area contributed by atoms with Crippen LogP contribution in [-0.4, -0.2) is 29.9 Å². The fourth-order valence-electron chi connectivity index (χ4n) is 3.89. The molecule has 1 saturated carbocycles. The van der Waals surface area contributed by atoms with Gasteiger partial charge in [-0.05, 0) is 57.4 Å². The molecule has 1 heterocycles. The Balaban J connectivity index is 1.96. The van der Waals surface area contributed by atoms with Crippen molar-refractivity contribution in [2.24, 2.45) is 17.6 Å². The van der Waals surface area contributed by atoms with Crippen molar-refractivity contribution < 1.29 is 4.79 Å². The Morgan fingerprint density at radius 1 is 1.21 bits per heavy atom. The van der Waals surface area contributed by atoms with Crippen LogP contribution in [0.5, 0.6) is 0 Å². The molecule has 0 aromatic carbocycles. The molecule has 0 radical (unpaired) electrons. The SMILES string of the molecule is CCCC1CCCCN1C(=O)C1CCCC(CN)C1. The molecule has 2 rings (SSSR count). The van der Waals surface area contributed by atoms with Crippen molar-refractivity contribution in [2.75, 3.05) is 13.1 Å². The summed E-state index contributed by atoms with van der Waals surface area (Å²) in [5.41, 5.74) is 5.79. The lowest BCUT2D eigenvalue weighted by Gasteiger charge is -2.39. The van der Waals surface area contributed by atoms with E-state index in [2.05, 4.69) is 11.8 Å². The van der Waals surface area contributed by atoms with E-state index in [4.69, 9.17) is 5.73 Å². The lowest BCUT2D eigenvalue weighted by atomic mass is 9.80. The van der Waals surface area contributed by atoms with Crippen LogP contribution >= 0.6 is 0 Å². The molecule has 3 unspecified atom stereocenters. The average molecular weight is 266 g/mol. The van der Waals surface area contributed by atoms with Crippen LogP contribution in [0.3, 0.4) is 0 Å². The molecule has 1 saturated heterocycles. The number of piperidine rings is 1. The maximum atomic E-state index is 12.8. The van der Waals surface area contributed by atoms with Crippen molar-refractivity contribution in [3.63, 3.8) is 0 Å². The molecule has 2 aliphatic rings. The Labute approximate surface area is 117 Å². The molecule has 0 spiro atoms. The molecule has 0 bridgehead atoms. The predicted octanol–water partition coefficient (Wildman–Crippen LogP) is 2.93. The van der Waals surface area contributed by atoms with Crippen LogP contribution in [0.15, 0.2) is 0 Å². The second-order valence-corrected chi connectivity index (χ2v) is 6.44. The number of hydrogen-bond donors (Lipinski definition) is 1. The van der Waals surface area contributed by atoms with Crippen molar-refractivity contribution >= 4 is 5.91 Å². The van der Waals surface area contributed by atoms with Gasteiger partial charge in [-0.1, -0.05) is 19.8 Å². The van der Waals surface area contributed by atoms with Crippen LogP contribution in [0, 0.1) is 11.8 Å². The number of amides is 1.